The molecule has 188 valence electrons. The molecule has 1 aromatic heterocycles. The molecule has 9 heteroatoms. The number of amides is 1. The third-order valence-electron chi connectivity index (χ3n) is 5.90. The molecule has 36 heavy (non-hydrogen) atoms. The van der Waals surface area contributed by atoms with Crippen LogP contribution in [0.3, 0.4) is 0 Å². The van der Waals surface area contributed by atoms with Crippen molar-refractivity contribution >= 4 is 60.3 Å². The fourth-order valence-corrected chi connectivity index (χ4v) is 6.25. The topological polar surface area (TPSA) is 75.7 Å². The first kappa shape index (κ1) is 26.0. The lowest BCUT2D eigenvalue weighted by Crippen LogP contribution is -2.26. The molecule has 0 bridgehead atoms. The number of nitrogens with one attached hydrogen (secondary N) is 1. The van der Waals surface area contributed by atoms with E-state index < -0.39 is 10.0 Å². The van der Waals surface area contributed by atoms with Gasteiger partial charge in [-0.15, -0.1) is 11.3 Å². The first-order valence-corrected chi connectivity index (χ1v) is 14.1. The van der Waals surface area contributed by atoms with Gasteiger partial charge in [0.1, 0.15) is 5.75 Å². The molecule has 0 spiro atoms. The van der Waals surface area contributed by atoms with Crippen molar-refractivity contribution in [2.75, 3.05) is 23.8 Å². The molecule has 4 aromatic rings. The number of nitrogens with zero attached hydrogens (tertiary/aromatic N) is 1. The number of fused-ring (bicyclic) bond motifs is 1. The normalized spacial score (nSPS) is 11.4. The van der Waals surface area contributed by atoms with Crippen LogP contribution in [0.5, 0.6) is 5.75 Å². The lowest BCUT2D eigenvalue weighted by atomic mass is 10.1. The van der Waals surface area contributed by atoms with Crippen molar-refractivity contribution < 1.29 is 17.9 Å². The Hall–Kier alpha value is -3.07. The Kier molecular flexibility index (Phi) is 7.88. The van der Waals surface area contributed by atoms with Crippen LogP contribution in [0, 0.1) is 0 Å². The van der Waals surface area contributed by atoms with Gasteiger partial charge in [-0.05, 0) is 78.4 Å². The number of carbonyl (C=O) groups is 1. The quantitative estimate of drug-likeness (QED) is 0.247. The first-order chi connectivity index (χ1) is 17.2. The van der Waals surface area contributed by atoms with Crippen molar-refractivity contribution in [3.8, 4) is 5.75 Å². The lowest BCUT2D eigenvalue weighted by Gasteiger charge is -2.20. The summed E-state index contributed by atoms with van der Waals surface area (Å²) >= 11 is 7.50. The summed E-state index contributed by atoms with van der Waals surface area (Å²) in [5, 5.41) is 3.94. The van der Waals surface area contributed by atoms with E-state index in [1.807, 2.05) is 30.3 Å². The number of thiophene rings is 1. The molecule has 0 aliphatic rings. The van der Waals surface area contributed by atoms with Crippen LogP contribution < -0.4 is 14.4 Å². The van der Waals surface area contributed by atoms with Gasteiger partial charge in [0.2, 0.25) is 0 Å². The van der Waals surface area contributed by atoms with Gasteiger partial charge in [-0.2, -0.15) is 0 Å². The molecule has 0 atom stereocenters. The average molecular weight is 543 g/mol. The number of benzene rings is 3. The largest absolute Gasteiger partial charge is 0.495 e. The Labute approximate surface area is 220 Å². The van der Waals surface area contributed by atoms with E-state index in [1.165, 1.54) is 53.6 Å². The van der Waals surface area contributed by atoms with Crippen molar-refractivity contribution in [2.24, 2.45) is 0 Å². The van der Waals surface area contributed by atoms with Gasteiger partial charge in [0.15, 0.2) is 0 Å². The Morgan fingerprint density at radius 3 is 2.47 bits per heavy atom. The third-order valence-corrected chi connectivity index (χ3v) is 9.09. The standard InChI is InChI=1S/C27H27ClN2O4S2/c1-4-5-6-18-7-9-20(10-8-18)29-27(31)26-16-19-15-21(11-14-25(19)35-26)30(2)36(32,33)22-12-13-24(34-3)23(28)17-22/h7-17H,4-6H2,1-3H3,(H,29,31). The van der Waals surface area contributed by atoms with E-state index in [9.17, 15) is 13.2 Å². The minimum absolute atomic E-state index is 0.0574. The fraction of sp³-hybridized carbons (Fsp3) is 0.222. The minimum Gasteiger partial charge on any atom is -0.495 e. The van der Waals surface area contributed by atoms with E-state index in [2.05, 4.69) is 12.2 Å². The molecule has 6 nitrogen and oxygen atoms in total. The monoisotopic (exact) mass is 542 g/mol. The van der Waals surface area contributed by atoms with Gasteiger partial charge in [-0.3, -0.25) is 9.10 Å². The number of methoxy groups -OCH3 is 1. The average Bonchev–Trinajstić information content (AvgIpc) is 3.31. The van der Waals surface area contributed by atoms with Crippen molar-refractivity contribution in [2.45, 2.75) is 31.1 Å². The van der Waals surface area contributed by atoms with Crippen LogP contribution in [-0.4, -0.2) is 28.5 Å². The van der Waals surface area contributed by atoms with E-state index in [1.54, 1.807) is 18.2 Å². The maximum Gasteiger partial charge on any atom is 0.265 e. The molecular formula is C27H27ClN2O4S2. The summed E-state index contributed by atoms with van der Waals surface area (Å²) in [5.74, 6) is 0.198. The van der Waals surface area contributed by atoms with Crippen LogP contribution in [0.1, 0.15) is 35.0 Å². The molecule has 0 unspecified atom stereocenters. The van der Waals surface area contributed by atoms with Crippen LogP contribution >= 0.6 is 22.9 Å². The SMILES string of the molecule is CCCCc1ccc(NC(=O)c2cc3cc(N(C)S(=O)(=O)c4ccc(OC)c(Cl)c4)ccc3s2)cc1. The molecule has 1 heterocycles. The molecule has 1 N–H and O–H groups in total. The van der Waals surface area contributed by atoms with Crippen molar-refractivity contribution in [1.29, 1.82) is 0 Å². The highest BCUT2D eigenvalue weighted by Gasteiger charge is 2.23. The Morgan fingerprint density at radius 1 is 1.06 bits per heavy atom. The van der Waals surface area contributed by atoms with Crippen molar-refractivity contribution in [3.63, 3.8) is 0 Å². The van der Waals surface area contributed by atoms with Gasteiger partial charge in [-0.1, -0.05) is 37.1 Å². The molecule has 0 aliphatic heterocycles. The fourth-order valence-electron chi connectivity index (χ4n) is 3.77. The summed E-state index contributed by atoms with van der Waals surface area (Å²) in [6.45, 7) is 2.16. The predicted octanol–water partition coefficient (Wildman–Crippen LogP) is 6.98. The van der Waals surface area contributed by atoms with Crippen LogP contribution in [0.15, 0.2) is 71.6 Å². The van der Waals surface area contributed by atoms with E-state index in [0.29, 0.717) is 16.3 Å². The number of unbranched alkanes of at least 4 members (excludes halogenated alkanes) is 1. The number of rotatable bonds is 9. The van der Waals surface area contributed by atoms with Gasteiger partial charge in [-0.25, -0.2) is 8.42 Å². The summed E-state index contributed by atoms with van der Waals surface area (Å²) in [6.07, 6.45) is 3.31. The van der Waals surface area contributed by atoms with E-state index in [4.69, 9.17) is 16.3 Å². The highest BCUT2D eigenvalue weighted by atomic mass is 35.5. The van der Waals surface area contributed by atoms with Gasteiger partial charge < -0.3 is 10.1 Å². The minimum atomic E-state index is -3.85. The summed E-state index contributed by atoms with van der Waals surface area (Å²) < 4.78 is 33.6. The zero-order valence-electron chi connectivity index (χ0n) is 20.2. The number of anilines is 2. The number of hydrogen-bond donors (Lipinski definition) is 1. The van der Waals surface area contributed by atoms with Crippen LogP contribution in [0.2, 0.25) is 5.02 Å². The first-order valence-electron chi connectivity index (χ1n) is 11.5. The molecule has 0 saturated carbocycles. The molecule has 3 aromatic carbocycles. The van der Waals surface area contributed by atoms with E-state index in [0.717, 1.165) is 35.0 Å². The Morgan fingerprint density at radius 2 is 1.81 bits per heavy atom. The Bertz CT molecular complexity index is 1500. The molecular weight excluding hydrogens is 516 g/mol. The second-order valence-electron chi connectivity index (χ2n) is 8.36. The van der Waals surface area contributed by atoms with Gasteiger partial charge in [0.25, 0.3) is 15.9 Å². The highest BCUT2D eigenvalue weighted by Crippen LogP contribution is 2.33. The molecule has 0 radical (unpaired) electrons. The van der Waals surface area contributed by atoms with Gasteiger partial charge >= 0.3 is 0 Å². The number of hydrogen-bond acceptors (Lipinski definition) is 5. The van der Waals surface area contributed by atoms with Crippen molar-refractivity contribution in [3.05, 3.63) is 82.2 Å². The zero-order chi connectivity index (χ0) is 25.9. The second kappa shape index (κ2) is 10.9. The van der Waals surface area contributed by atoms with Crippen LogP contribution in [0.4, 0.5) is 11.4 Å². The molecule has 0 fully saturated rings. The van der Waals surface area contributed by atoms with Gasteiger partial charge in [0, 0.05) is 17.4 Å². The maximum atomic E-state index is 13.2. The summed E-state index contributed by atoms with van der Waals surface area (Å²) in [6, 6.07) is 19.3. The maximum absolute atomic E-state index is 13.2. The summed E-state index contributed by atoms with van der Waals surface area (Å²) in [5.41, 5.74) is 2.46. The molecule has 1 amide bonds. The number of aryl methyl sites for hydroxylation is 1. The van der Waals surface area contributed by atoms with E-state index in [-0.39, 0.29) is 15.8 Å². The molecule has 4 rings (SSSR count). The van der Waals surface area contributed by atoms with Crippen LogP contribution in [0.25, 0.3) is 10.1 Å². The van der Waals surface area contributed by atoms with Gasteiger partial charge in [0.05, 0.1) is 27.6 Å². The third kappa shape index (κ3) is 5.51. The number of sulfonamides is 1. The second-order valence-corrected chi connectivity index (χ2v) is 11.8. The zero-order valence-corrected chi connectivity index (χ0v) is 22.6. The number of carbonyl (C=O) groups excluding carboxylic acids is 1. The van der Waals surface area contributed by atoms with E-state index >= 15 is 0 Å². The highest BCUT2D eigenvalue weighted by molar-refractivity contribution is 7.92. The predicted molar refractivity (Wildman–Crippen MR) is 148 cm³/mol. The van der Waals surface area contributed by atoms with Crippen LogP contribution in [-0.2, 0) is 16.4 Å². The molecule has 0 aliphatic carbocycles. The molecule has 0 saturated heterocycles. The smallest absolute Gasteiger partial charge is 0.265 e. The number of halogens is 1. The summed E-state index contributed by atoms with van der Waals surface area (Å²) in [7, 11) is -0.897. The number of ether oxygens (including phenoxy) is 1. The van der Waals surface area contributed by atoms with Crippen molar-refractivity contribution in [1.82, 2.24) is 0 Å². The lowest BCUT2D eigenvalue weighted by molar-refractivity contribution is 0.103. The summed E-state index contributed by atoms with van der Waals surface area (Å²) in [4.78, 5) is 13.5. The Balaban J connectivity index is 1.53.